The molecule has 0 aliphatic carbocycles. The second kappa shape index (κ2) is 5.42. The predicted molar refractivity (Wildman–Crippen MR) is 89.1 cm³/mol. The van der Waals surface area contributed by atoms with Gasteiger partial charge in [-0.2, -0.15) is 0 Å². The van der Waals surface area contributed by atoms with E-state index in [9.17, 15) is 13.2 Å². The van der Waals surface area contributed by atoms with Gasteiger partial charge < -0.3 is 5.32 Å². The van der Waals surface area contributed by atoms with Crippen molar-refractivity contribution < 1.29 is 13.2 Å². The van der Waals surface area contributed by atoms with E-state index in [1.807, 2.05) is 0 Å². The maximum Gasteiger partial charge on any atom is 0.269 e. The highest BCUT2D eigenvalue weighted by Crippen LogP contribution is 2.37. The normalized spacial score (nSPS) is 18.4. The minimum absolute atomic E-state index is 0.301. The zero-order chi connectivity index (χ0) is 15.9. The van der Waals surface area contributed by atoms with Gasteiger partial charge in [0.2, 0.25) is 5.78 Å². The van der Waals surface area contributed by atoms with Crippen LogP contribution in [-0.2, 0) is 10.0 Å². The molecule has 0 saturated heterocycles. The summed E-state index contributed by atoms with van der Waals surface area (Å²) in [6.45, 7) is 0. The molecule has 0 fully saturated rings. The number of halogens is 1. The number of benzene rings is 1. The number of nitrogens with zero attached hydrogens (tertiary/aromatic N) is 1. The summed E-state index contributed by atoms with van der Waals surface area (Å²) in [6, 6.07) is 8.50. The van der Waals surface area contributed by atoms with Gasteiger partial charge in [0, 0.05) is 13.2 Å². The summed E-state index contributed by atoms with van der Waals surface area (Å²) in [5, 5.41) is 4.93. The molecule has 0 unspecified atom stereocenters. The fourth-order valence-electron chi connectivity index (χ4n) is 2.09. The van der Waals surface area contributed by atoms with Crippen molar-refractivity contribution in [2.75, 3.05) is 16.7 Å². The van der Waals surface area contributed by atoms with Gasteiger partial charge in [-0.25, -0.2) is 8.42 Å². The molecule has 1 aromatic carbocycles. The minimum Gasteiger partial charge on any atom is -0.359 e. The van der Waals surface area contributed by atoms with E-state index < -0.39 is 15.8 Å². The van der Waals surface area contributed by atoms with Crippen LogP contribution < -0.4 is 9.62 Å². The van der Waals surface area contributed by atoms with Crippen molar-refractivity contribution in [3.05, 3.63) is 56.7 Å². The Bertz CT molecular complexity index is 887. The average Bonchev–Trinajstić information content (AvgIpc) is 2.96. The lowest BCUT2D eigenvalue weighted by atomic mass is 10.2. The van der Waals surface area contributed by atoms with Crippen molar-refractivity contribution in [1.82, 2.24) is 0 Å². The summed E-state index contributed by atoms with van der Waals surface area (Å²) >= 11 is 7.22. The summed E-state index contributed by atoms with van der Waals surface area (Å²) in [7, 11) is -2.44. The highest BCUT2D eigenvalue weighted by atomic mass is 35.5. The molecule has 1 N–H and O–H groups in total. The van der Waals surface area contributed by atoms with Gasteiger partial charge in [0.1, 0.15) is 4.88 Å². The monoisotopic (exact) mass is 354 g/mol. The van der Waals surface area contributed by atoms with Crippen LogP contribution in [0.3, 0.4) is 0 Å². The highest BCUT2D eigenvalue weighted by Gasteiger charge is 2.39. The molecule has 2 aromatic rings. The number of fused-ring (bicyclic) bond motifs is 1. The van der Waals surface area contributed by atoms with Crippen molar-refractivity contribution in [3.8, 4) is 0 Å². The maximum atomic E-state index is 12.5. The van der Waals surface area contributed by atoms with Crippen LogP contribution in [0.25, 0.3) is 0 Å². The second-order valence-corrected chi connectivity index (χ2v) is 7.83. The van der Waals surface area contributed by atoms with Crippen LogP contribution in [0.4, 0.5) is 11.4 Å². The molecule has 0 amide bonds. The molecule has 0 radical (unpaired) electrons. The van der Waals surface area contributed by atoms with Crippen LogP contribution in [0.2, 0.25) is 5.02 Å². The lowest BCUT2D eigenvalue weighted by Gasteiger charge is -2.25. The summed E-state index contributed by atoms with van der Waals surface area (Å²) in [5.74, 6) is -0.511. The van der Waals surface area contributed by atoms with Gasteiger partial charge in [0.25, 0.3) is 10.0 Å². The van der Waals surface area contributed by atoms with Crippen molar-refractivity contribution in [2.45, 2.75) is 0 Å². The van der Waals surface area contributed by atoms with E-state index in [1.54, 1.807) is 35.7 Å². The molecule has 0 spiro atoms. The Morgan fingerprint density at radius 3 is 2.73 bits per heavy atom. The number of allylic oxidation sites excluding steroid dienone is 1. The van der Waals surface area contributed by atoms with Crippen molar-refractivity contribution >= 4 is 50.1 Å². The van der Waals surface area contributed by atoms with E-state index in [0.29, 0.717) is 21.3 Å². The number of nitrogens with one attached hydrogen (secondary N) is 1. The first-order valence-corrected chi connectivity index (χ1v) is 8.95. The third-order valence-electron chi connectivity index (χ3n) is 3.28. The molecule has 1 aromatic heterocycles. The number of ketones is 1. The van der Waals surface area contributed by atoms with E-state index in [-0.39, 0.29) is 4.91 Å². The lowest BCUT2D eigenvalue weighted by Crippen LogP contribution is -2.35. The van der Waals surface area contributed by atoms with Gasteiger partial charge in [0.05, 0.1) is 16.4 Å². The molecule has 0 bridgehead atoms. The number of hydrogen-bond donors (Lipinski definition) is 1. The van der Waals surface area contributed by atoms with Crippen molar-refractivity contribution in [3.63, 3.8) is 0 Å². The van der Waals surface area contributed by atoms with Crippen LogP contribution in [0.15, 0.2) is 46.8 Å². The smallest absolute Gasteiger partial charge is 0.269 e. The van der Waals surface area contributed by atoms with E-state index in [4.69, 9.17) is 11.6 Å². The number of carbonyl (C=O) groups is 1. The Balaban J connectivity index is 2.05. The fourth-order valence-corrected chi connectivity index (χ4v) is 4.53. The third-order valence-corrected chi connectivity index (χ3v) is 6.29. The van der Waals surface area contributed by atoms with Crippen molar-refractivity contribution in [2.24, 2.45) is 0 Å². The predicted octanol–water partition coefficient (Wildman–Crippen LogP) is 3.32. The number of rotatable bonds is 2. The van der Waals surface area contributed by atoms with Crippen molar-refractivity contribution in [1.29, 1.82) is 0 Å². The van der Waals surface area contributed by atoms with Gasteiger partial charge >= 0.3 is 0 Å². The second-order valence-electron chi connectivity index (χ2n) is 4.57. The first-order valence-electron chi connectivity index (χ1n) is 6.25. The van der Waals surface area contributed by atoms with Crippen LogP contribution in [-0.4, -0.2) is 21.2 Å². The Morgan fingerprint density at radius 2 is 2.00 bits per heavy atom. The standard InChI is InChI=1S/C14H11ClN2O3S2/c1-17-11-6-7-21-14(11)13(18)12(22(17,19)20)8-16-10-5-3-2-4-9(10)15/h2-8,16H,1H3/b12-8-. The maximum absolute atomic E-state index is 12.5. The van der Waals surface area contributed by atoms with E-state index in [1.165, 1.54) is 24.6 Å². The molecule has 114 valence electrons. The topological polar surface area (TPSA) is 66.5 Å². The van der Waals surface area contributed by atoms with E-state index in [2.05, 4.69) is 5.32 Å². The zero-order valence-corrected chi connectivity index (χ0v) is 13.8. The molecular weight excluding hydrogens is 344 g/mol. The largest absolute Gasteiger partial charge is 0.359 e. The molecule has 5 nitrogen and oxygen atoms in total. The number of hydrogen-bond acceptors (Lipinski definition) is 5. The Kier molecular flexibility index (Phi) is 3.72. The number of para-hydroxylation sites is 1. The molecule has 2 heterocycles. The Labute approximate surface area is 136 Å². The Morgan fingerprint density at radius 1 is 1.27 bits per heavy atom. The molecule has 0 saturated carbocycles. The quantitative estimate of drug-likeness (QED) is 0.840. The zero-order valence-electron chi connectivity index (χ0n) is 11.4. The van der Waals surface area contributed by atoms with Crippen LogP contribution in [0, 0.1) is 0 Å². The van der Waals surface area contributed by atoms with Gasteiger partial charge in [0.15, 0.2) is 4.91 Å². The van der Waals surface area contributed by atoms with Gasteiger partial charge in [-0.05, 0) is 23.6 Å². The summed E-state index contributed by atoms with van der Waals surface area (Å²) in [4.78, 5) is 12.5. The molecular formula is C14H11ClN2O3S2. The van der Waals surface area contributed by atoms with Gasteiger partial charge in [-0.3, -0.25) is 9.10 Å². The SMILES string of the molecule is CN1c2ccsc2C(=O)/C(=C/Nc2ccccc2Cl)S1(=O)=O. The van der Waals surface area contributed by atoms with Gasteiger partial charge in [-0.15, -0.1) is 11.3 Å². The number of Topliss-reactive ketones (excluding diaryl/α,β-unsaturated/α-hetero) is 1. The first-order chi connectivity index (χ1) is 10.4. The van der Waals surface area contributed by atoms with E-state index >= 15 is 0 Å². The average molecular weight is 355 g/mol. The molecule has 1 aliphatic heterocycles. The van der Waals surface area contributed by atoms with Gasteiger partial charge in [-0.1, -0.05) is 23.7 Å². The number of anilines is 2. The molecule has 22 heavy (non-hydrogen) atoms. The Hall–Kier alpha value is -1.83. The fraction of sp³-hybridized carbons (Fsp3) is 0.0714. The minimum atomic E-state index is -3.87. The van der Waals surface area contributed by atoms with Crippen LogP contribution in [0.5, 0.6) is 0 Å². The summed E-state index contributed by atoms with van der Waals surface area (Å²) < 4.78 is 26.0. The highest BCUT2D eigenvalue weighted by molar-refractivity contribution is 7.97. The molecule has 0 atom stereocenters. The molecule has 1 aliphatic rings. The van der Waals surface area contributed by atoms with Crippen LogP contribution in [0.1, 0.15) is 9.67 Å². The summed E-state index contributed by atoms with van der Waals surface area (Å²) in [6.07, 6.45) is 1.19. The van der Waals surface area contributed by atoms with Crippen LogP contribution >= 0.6 is 22.9 Å². The summed E-state index contributed by atoms with van der Waals surface area (Å²) in [5.41, 5.74) is 0.934. The molecule has 3 rings (SSSR count). The number of thiophene rings is 1. The first kappa shape index (κ1) is 15.1. The number of carbonyl (C=O) groups excluding carboxylic acids is 1. The molecule has 8 heteroatoms. The van der Waals surface area contributed by atoms with E-state index in [0.717, 1.165) is 4.31 Å². The third kappa shape index (κ3) is 2.31. The number of sulfonamides is 1. The lowest BCUT2D eigenvalue weighted by molar-refractivity contribution is 0.104.